The van der Waals surface area contributed by atoms with Crippen LogP contribution in [0, 0.1) is 0 Å². The molecule has 0 aliphatic heterocycles. The van der Waals surface area contributed by atoms with Crippen LogP contribution in [0.2, 0.25) is 0 Å². The van der Waals surface area contributed by atoms with Crippen LogP contribution in [0.3, 0.4) is 0 Å². The highest BCUT2D eigenvalue weighted by molar-refractivity contribution is 5.76. The molecule has 1 amide bonds. The third-order valence-electron chi connectivity index (χ3n) is 8.11. The fourth-order valence-corrected chi connectivity index (χ4v) is 5.16. The summed E-state index contributed by atoms with van der Waals surface area (Å²) in [5, 5.41) is 22.8. The largest absolute Gasteiger partial charge is 0.394 e. The van der Waals surface area contributed by atoms with E-state index in [9.17, 15) is 15.0 Å². The van der Waals surface area contributed by atoms with Crippen molar-refractivity contribution in [3.63, 3.8) is 0 Å². The zero-order valence-corrected chi connectivity index (χ0v) is 30.5. The third-order valence-corrected chi connectivity index (χ3v) is 8.11. The predicted molar refractivity (Wildman–Crippen MR) is 207 cm³/mol. The minimum absolute atomic E-state index is 0.0879. The lowest BCUT2D eigenvalue weighted by Gasteiger charge is -2.19. The molecule has 0 aliphatic rings. The number of aliphatic hydroxyl groups is 2. The molecule has 0 aliphatic carbocycles. The Hall–Kier alpha value is -2.43. The van der Waals surface area contributed by atoms with Gasteiger partial charge in [0.15, 0.2) is 0 Å². The van der Waals surface area contributed by atoms with E-state index in [1.165, 1.54) is 70.6 Å². The molecule has 0 aromatic heterocycles. The number of amides is 1. The van der Waals surface area contributed by atoms with Gasteiger partial charge in [0.2, 0.25) is 5.91 Å². The Morgan fingerprint density at radius 1 is 0.532 bits per heavy atom. The summed E-state index contributed by atoms with van der Waals surface area (Å²) in [4.78, 5) is 12.3. The Bertz CT molecular complexity index is 879. The Morgan fingerprint density at radius 3 is 1.49 bits per heavy atom. The third kappa shape index (κ3) is 34.7. The molecule has 0 rings (SSSR count). The maximum absolute atomic E-state index is 12.3. The Labute approximate surface area is 291 Å². The molecule has 4 nitrogen and oxygen atoms in total. The summed E-state index contributed by atoms with van der Waals surface area (Å²) in [7, 11) is 0. The predicted octanol–water partition coefficient (Wildman–Crippen LogP) is 11.7. The van der Waals surface area contributed by atoms with E-state index in [0.29, 0.717) is 6.42 Å². The molecule has 0 spiro atoms. The topological polar surface area (TPSA) is 69.6 Å². The zero-order chi connectivity index (χ0) is 34.3. The zero-order valence-electron chi connectivity index (χ0n) is 30.5. The molecule has 4 heteroatoms. The molecule has 0 bridgehead atoms. The van der Waals surface area contributed by atoms with Crippen LogP contribution in [0.5, 0.6) is 0 Å². The van der Waals surface area contributed by atoms with Gasteiger partial charge in [0.05, 0.1) is 18.8 Å². The number of nitrogens with one attached hydrogen (secondary N) is 1. The minimum atomic E-state index is -0.867. The number of hydrogen-bond donors (Lipinski definition) is 3. The summed E-state index contributed by atoms with van der Waals surface area (Å²) in [6.45, 7) is 4.12. The average Bonchev–Trinajstić information content (AvgIpc) is 3.07. The Morgan fingerprint density at radius 2 is 0.957 bits per heavy atom. The second-order valence-electron chi connectivity index (χ2n) is 12.6. The lowest BCUT2D eigenvalue weighted by Crippen LogP contribution is -2.45. The van der Waals surface area contributed by atoms with Crippen LogP contribution in [-0.2, 0) is 4.79 Å². The number of aliphatic hydroxyl groups excluding tert-OH is 2. The second-order valence-corrected chi connectivity index (χ2v) is 12.6. The van der Waals surface area contributed by atoms with Crippen LogP contribution < -0.4 is 5.32 Å². The van der Waals surface area contributed by atoms with Gasteiger partial charge in [-0.25, -0.2) is 0 Å². The highest BCUT2D eigenvalue weighted by Crippen LogP contribution is 2.12. The van der Waals surface area contributed by atoms with E-state index in [1.54, 1.807) is 6.08 Å². The molecule has 0 aromatic carbocycles. The van der Waals surface area contributed by atoms with Crippen LogP contribution in [-0.4, -0.2) is 34.9 Å². The van der Waals surface area contributed by atoms with Crippen LogP contribution in [0.15, 0.2) is 85.1 Å². The summed E-state index contributed by atoms with van der Waals surface area (Å²) in [6, 6.07) is -0.645. The minimum Gasteiger partial charge on any atom is -0.394 e. The van der Waals surface area contributed by atoms with Gasteiger partial charge in [0.25, 0.3) is 0 Å². The second kappa shape index (κ2) is 38.0. The molecule has 0 heterocycles. The molecule has 2 unspecified atom stereocenters. The van der Waals surface area contributed by atoms with Crippen molar-refractivity contribution >= 4 is 5.91 Å². The molecule has 0 radical (unpaired) electrons. The average molecular weight is 652 g/mol. The van der Waals surface area contributed by atoms with Crippen LogP contribution >= 0.6 is 0 Å². The van der Waals surface area contributed by atoms with Crippen molar-refractivity contribution in [1.29, 1.82) is 0 Å². The van der Waals surface area contributed by atoms with Gasteiger partial charge in [0.1, 0.15) is 0 Å². The first-order valence-electron chi connectivity index (χ1n) is 19.3. The van der Waals surface area contributed by atoms with E-state index < -0.39 is 12.1 Å². The van der Waals surface area contributed by atoms with Crippen LogP contribution in [0.4, 0.5) is 0 Å². The number of hydrogen-bond acceptors (Lipinski definition) is 3. The molecule has 3 N–H and O–H groups in total. The van der Waals surface area contributed by atoms with Crippen LogP contribution in [0.25, 0.3) is 0 Å². The van der Waals surface area contributed by atoms with E-state index in [0.717, 1.165) is 70.6 Å². The van der Waals surface area contributed by atoms with E-state index in [1.807, 2.05) is 6.08 Å². The monoisotopic (exact) mass is 652 g/mol. The van der Waals surface area contributed by atoms with Gasteiger partial charge >= 0.3 is 0 Å². The summed E-state index contributed by atoms with van der Waals surface area (Å²) >= 11 is 0. The molecule has 0 saturated carbocycles. The fraction of sp³-hybridized carbons (Fsp3) is 0.651. The SMILES string of the molecule is CC/C=C\C/C=C\C/C=C\C/C=C\C/C=C\CCCCCCCCCCCC(=O)NC(CO)C(O)/C=C/CC/C=C/CCCCCC. The number of allylic oxidation sites excluding steroid dienone is 13. The van der Waals surface area contributed by atoms with Gasteiger partial charge in [-0.1, -0.05) is 163 Å². The maximum atomic E-state index is 12.3. The summed E-state index contributed by atoms with van der Waals surface area (Å²) < 4.78 is 0. The molecule has 0 fully saturated rings. The summed E-state index contributed by atoms with van der Waals surface area (Å²) in [6.07, 6.45) is 55.3. The summed E-state index contributed by atoms with van der Waals surface area (Å²) in [5.74, 6) is -0.0879. The normalized spacial score (nSPS) is 14.0. The van der Waals surface area contributed by atoms with E-state index in [4.69, 9.17) is 0 Å². The van der Waals surface area contributed by atoms with Crippen molar-refractivity contribution in [2.75, 3.05) is 6.61 Å². The van der Waals surface area contributed by atoms with E-state index >= 15 is 0 Å². The molecular weight excluding hydrogens is 578 g/mol. The van der Waals surface area contributed by atoms with Crippen molar-refractivity contribution < 1.29 is 15.0 Å². The van der Waals surface area contributed by atoms with Crippen molar-refractivity contribution in [1.82, 2.24) is 5.32 Å². The van der Waals surface area contributed by atoms with Gasteiger partial charge in [0, 0.05) is 6.42 Å². The van der Waals surface area contributed by atoms with E-state index in [-0.39, 0.29) is 12.5 Å². The Kier molecular flexibility index (Phi) is 36.1. The van der Waals surface area contributed by atoms with Gasteiger partial charge < -0.3 is 15.5 Å². The molecular formula is C43H73NO3. The van der Waals surface area contributed by atoms with E-state index in [2.05, 4.69) is 92.1 Å². The molecule has 2 atom stereocenters. The quantitative estimate of drug-likeness (QED) is 0.0488. The lowest BCUT2D eigenvalue weighted by molar-refractivity contribution is -0.123. The standard InChI is InChI=1S/C43H73NO3/c1-3-5-7-9-11-13-15-16-17-18-19-20-21-22-23-24-25-26-27-28-29-31-33-35-37-39-43(47)44-41(40-45)42(46)38-36-34-32-30-14-12-10-8-6-4-2/h5,7,11,13-14,16-17,19-20,22-23,30,36,38,41-42,45-46H,3-4,6,8-10,12,15,18,21,24-29,31-35,37,39-40H2,1-2H3,(H,44,47)/b7-5-,13-11-,17-16-,20-19-,23-22-,30-14+,38-36+. The number of rotatable bonds is 33. The summed E-state index contributed by atoms with van der Waals surface area (Å²) in [5.41, 5.74) is 0. The first-order valence-corrected chi connectivity index (χ1v) is 19.3. The maximum Gasteiger partial charge on any atom is 0.220 e. The first kappa shape index (κ1) is 44.6. The fourth-order valence-electron chi connectivity index (χ4n) is 5.16. The van der Waals surface area contributed by atoms with Gasteiger partial charge in [-0.2, -0.15) is 0 Å². The first-order chi connectivity index (χ1) is 23.2. The van der Waals surface area contributed by atoms with Crippen molar-refractivity contribution in [3.05, 3.63) is 85.1 Å². The molecule has 268 valence electrons. The van der Waals surface area contributed by atoms with Crippen molar-refractivity contribution in [3.8, 4) is 0 Å². The van der Waals surface area contributed by atoms with Gasteiger partial charge in [-0.15, -0.1) is 0 Å². The van der Waals surface area contributed by atoms with Crippen LogP contribution in [0.1, 0.15) is 162 Å². The molecule has 0 saturated heterocycles. The molecule has 0 aromatic rings. The number of carbonyl (C=O) groups is 1. The number of unbranched alkanes of at least 4 members (excludes halogenated alkanes) is 14. The lowest BCUT2D eigenvalue weighted by atomic mass is 10.1. The number of carbonyl (C=O) groups excluding carboxylic acids is 1. The van der Waals surface area contributed by atoms with Crippen molar-refractivity contribution in [2.45, 2.75) is 174 Å². The van der Waals surface area contributed by atoms with Gasteiger partial charge in [-0.3, -0.25) is 4.79 Å². The molecule has 47 heavy (non-hydrogen) atoms. The highest BCUT2D eigenvalue weighted by atomic mass is 16.3. The Balaban J connectivity index is 3.65. The smallest absolute Gasteiger partial charge is 0.220 e. The van der Waals surface area contributed by atoms with Crippen molar-refractivity contribution in [2.24, 2.45) is 0 Å². The van der Waals surface area contributed by atoms with Gasteiger partial charge in [-0.05, 0) is 77.0 Å². The highest BCUT2D eigenvalue weighted by Gasteiger charge is 2.17.